The molecule has 1 fully saturated rings. The first-order valence-electron chi connectivity index (χ1n) is 7.90. The largest absolute Gasteiger partial charge is 0.383 e. The van der Waals surface area contributed by atoms with Crippen LogP contribution in [0, 0.1) is 6.92 Å². The van der Waals surface area contributed by atoms with Gasteiger partial charge in [-0.15, -0.1) is 0 Å². The van der Waals surface area contributed by atoms with Crippen molar-refractivity contribution in [2.24, 2.45) is 0 Å². The number of nitrogens with zero attached hydrogens (tertiary/aromatic N) is 1. The highest BCUT2D eigenvalue weighted by atomic mass is 16.2. The number of hydrogen-bond acceptors (Lipinski definition) is 4. The van der Waals surface area contributed by atoms with Crippen LogP contribution in [-0.2, 0) is 9.59 Å². The van der Waals surface area contributed by atoms with E-state index in [1.165, 1.54) is 13.1 Å². The van der Waals surface area contributed by atoms with Gasteiger partial charge in [-0.3, -0.25) is 14.4 Å². The Labute approximate surface area is 141 Å². The first-order chi connectivity index (χ1) is 11.3. The maximum atomic E-state index is 12.4. The number of Topliss-reactive ketones (excluding diaryl/α,β-unsaturated/α-hetero) is 1. The van der Waals surface area contributed by atoms with Gasteiger partial charge in [0.15, 0.2) is 5.78 Å². The Morgan fingerprint density at radius 2 is 1.88 bits per heavy atom. The van der Waals surface area contributed by atoms with Crippen LogP contribution < -0.4 is 10.6 Å². The molecule has 1 aliphatic carbocycles. The number of carbonyl (C=O) groups is 3. The molecule has 0 radical (unpaired) electrons. The number of ketones is 1. The molecular formula is C18H23N3O3. The molecule has 2 amide bonds. The molecule has 0 aromatic heterocycles. The third-order valence-corrected chi connectivity index (χ3v) is 3.67. The lowest BCUT2D eigenvalue weighted by Crippen LogP contribution is -2.26. The lowest BCUT2D eigenvalue weighted by Gasteiger charge is -2.13. The molecular weight excluding hydrogens is 306 g/mol. The number of benzene rings is 1. The lowest BCUT2D eigenvalue weighted by molar-refractivity contribution is -0.119. The van der Waals surface area contributed by atoms with Crippen LogP contribution in [0.15, 0.2) is 30.0 Å². The summed E-state index contributed by atoms with van der Waals surface area (Å²) in [7, 11) is 3.48. The van der Waals surface area contributed by atoms with Crippen LogP contribution in [0.3, 0.4) is 0 Å². The number of aryl methyl sites for hydroxylation is 1. The van der Waals surface area contributed by atoms with Gasteiger partial charge in [0.25, 0.3) is 11.8 Å². The fourth-order valence-corrected chi connectivity index (χ4v) is 2.15. The maximum absolute atomic E-state index is 12.4. The molecule has 0 heterocycles. The van der Waals surface area contributed by atoms with Gasteiger partial charge in [-0.1, -0.05) is 6.07 Å². The van der Waals surface area contributed by atoms with Crippen molar-refractivity contribution in [3.05, 3.63) is 41.1 Å². The first kappa shape index (κ1) is 17.7. The second-order valence-corrected chi connectivity index (χ2v) is 6.29. The van der Waals surface area contributed by atoms with Crippen LogP contribution in [0.5, 0.6) is 0 Å². The molecule has 1 aromatic rings. The highest BCUT2D eigenvalue weighted by molar-refractivity contribution is 6.22. The van der Waals surface area contributed by atoms with Crippen molar-refractivity contribution in [2.45, 2.75) is 32.7 Å². The van der Waals surface area contributed by atoms with Gasteiger partial charge < -0.3 is 15.5 Å². The van der Waals surface area contributed by atoms with Gasteiger partial charge in [0.2, 0.25) is 0 Å². The Morgan fingerprint density at radius 1 is 1.21 bits per heavy atom. The second kappa shape index (κ2) is 7.29. The normalized spacial score (nSPS) is 14.1. The molecule has 0 aliphatic heterocycles. The standard InChI is InChI=1S/C18H23N3O3/c1-11-5-6-13(17(23)19-14-7-8-14)9-16(11)20-18(24)15(12(2)22)10-21(3)4/h5-6,9-10,14H,7-8H2,1-4H3,(H,19,23)(H,20,24)/b15-10-. The molecule has 128 valence electrons. The van der Waals surface area contributed by atoms with E-state index >= 15 is 0 Å². The summed E-state index contributed by atoms with van der Waals surface area (Å²) in [6, 6.07) is 5.41. The van der Waals surface area contributed by atoms with Gasteiger partial charge in [0.1, 0.15) is 0 Å². The summed E-state index contributed by atoms with van der Waals surface area (Å²) >= 11 is 0. The predicted molar refractivity (Wildman–Crippen MR) is 92.7 cm³/mol. The Hall–Kier alpha value is -2.63. The number of amides is 2. The van der Waals surface area contributed by atoms with E-state index in [1.54, 1.807) is 37.2 Å². The van der Waals surface area contributed by atoms with E-state index in [-0.39, 0.29) is 23.3 Å². The monoisotopic (exact) mass is 329 g/mol. The second-order valence-electron chi connectivity index (χ2n) is 6.29. The van der Waals surface area contributed by atoms with Crippen LogP contribution in [-0.4, -0.2) is 42.6 Å². The van der Waals surface area contributed by atoms with E-state index in [0.717, 1.165) is 18.4 Å². The van der Waals surface area contributed by atoms with Crippen molar-refractivity contribution in [1.29, 1.82) is 0 Å². The number of anilines is 1. The quantitative estimate of drug-likeness (QED) is 0.474. The zero-order valence-electron chi connectivity index (χ0n) is 14.5. The van der Waals surface area contributed by atoms with Gasteiger partial charge in [-0.05, 0) is 44.4 Å². The summed E-state index contributed by atoms with van der Waals surface area (Å²) < 4.78 is 0. The van der Waals surface area contributed by atoms with E-state index in [0.29, 0.717) is 11.3 Å². The van der Waals surface area contributed by atoms with Crippen molar-refractivity contribution < 1.29 is 14.4 Å². The van der Waals surface area contributed by atoms with Crippen molar-refractivity contribution in [3.8, 4) is 0 Å². The van der Waals surface area contributed by atoms with E-state index in [2.05, 4.69) is 10.6 Å². The molecule has 6 heteroatoms. The van der Waals surface area contributed by atoms with Crippen molar-refractivity contribution in [3.63, 3.8) is 0 Å². The van der Waals surface area contributed by atoms with Crippen molar-refractivity contribution >= 4 is 23.3 Å². The van der Waals surface area contributed by atoms with Gasteiger partial charge in [-0.25, -0.2) is 0 Å². The van der Waals surface area contributed by atoms with E-state index in [1.807, 2.05) is 6.92 Å². The van der Waals surface area contributed by atoms with Gasteiger partial charge in [-0.2, -0.15) is 0 Å². The van der Waals surface area contributed by atoms with E-state index in [4.69, 9.17) is 0 Å². The first-order valence-corrected chi connectivity index (χ1v) is 7.90. The van der Waals surface area contributed by atoms with Crippen LogP contribution >= 0.6 is 0 Å². The Kier molecular flexibility index (Phi) is 5.39. The average Bonchev–Trinajstić information content (AvgIpc) is 3.30. The van der Waals surface area contributed by atoms with Crippen LogP contribution in [0.4, 0.5) is 5.69 Å². The minimum atomic E-state index is -0.487. The van der Waals surface area contributed by atoms with Crippen molar-refractivity contribution in [1.82, 2.24) is 10.2 Å². The van der Waals surface area contributed by atoms with Crippen LogP contribution in [0.25, 0.3) is 0 Å². The summed E-state index contributed by atoms with van der Waals surface area (Å²) in [5, 5.41) is 5.64. The highest BCUT2D eigenvalue weighted by Gasteiger charge is 2.24. The van der Waals surface area contributed by atoms with Crippen LogP contribution in [0.2, 0.25) is 0 Å². The summed E-state index contributed by atoms with van der Waals surface area (Å²) in [4.78, 5) is 37.8. The fourth-order valence-electron chi connectivity index (χ4n) is 2.15. The molecule has 0 unspecified atom stereocenters. The molecule has 1 aromatic carbocycles. The molecule has 2 N–H and O–H groups in total. The zero-order chi connectivity index (χ0) is 17.9. The Balaban J connectivity index is 2.19. The van der Waals surface area contributed by atoms with Gasteiger partial charge >= 0.3 is 0 Å². The van der Waals surface area contributed by atoms with E-state index in [9.17, 15) is 14.4 Å². The number of hydrogen-bond donors (Lipinski definition) is 2. The molecule has 1 saturated carbocycles. The zero-order valence-corrected chi connectivity index (χ0v) is 14.5. The molecule has 1 aliphatic rings. The van der Waals surface area contributed by atoms with Crippen molar-refractivity contribution in [2.75, 3.05) is 19.4 Å². The lowest BCUT2D eigenvalue weighted by atomic mass is 10.1. The highest BCUT2D eigenvalue weighted by Crippen LogP contribution is 2.21. The summed E-state index contributed by atoms with van der Waals surface area (Å²) in [6.45, 7) is 3.18. The summed E-state index contributed by atoms with van der Waals surface area (Å²) in [5.74, 6) is -0.954. The third-order valence-electron chi connectivity index (χ3n) is 3.67. The Morgan fingerprint density at radius 3 is 2.42 bits per heavy atom. The molecule has 0 bridgehead atoms. The smallest absolute Gasteiger partial charge is 0.260 e. The molecule has 2 rings (SSSR count). The fraction of sp³-hybridized carbons (Fsp3) is 0.389. The minimum Gasteiger partial charge on any atom is -0.383 e. The maximum Gasteiger partial charge on any atom is 0.260 e. The molecule has 0 spiro atoms. The topological polar surface area (TPSA) is 78.5 Å². The van der Waals surface area contributed by atoms with Gasteiger partial charge in [0, 0.05) is 37.6 Å². The average molecular weight is 329 g/mol. The number of carbonyl (C=O) groups excluding carboxylic acids is 3. The number of rotatable bonds is 6. The molecule has 24 heavy (non-hydrogen) atoms. The Bertz CT molecular complexity index is 703. The van der Waals surface area contributed by atoms with E-state index < -0.39 is 5.91 Å². The SMILES string of the molecule is CC(=O)/C(=C/N(C)C)C(=O)Nc1cc(C(=O)NC2CC2)ccc1C. The minimum absolute atomic E-state index is 0.0623. The van der Waals surface area contributed by atoms with Gasteiger partial charge in [0.05, 0.1) is 5.57 Å². The molecule has 0 saturated heterocycles. The molecule has 0 atom stereocenters. The summed E-state index contributed by atoms with van der Waals surface area (Å²) in [6.07, 6.45) is 3.51. The summed E-state index contributed by atoms with van der Waals surface area (Å²) in [5.41, 5.74) is 1.89. The van der Waals surface area contributed by atoms with Crippen LogP contribution in [0.1, 0.15) is 35.7 Å². The number of nitrogens with one attached hydrogen (secondary N) is 2. The third kappa shape index (κ3) is 4.68. The molecule has 6 nitrogen and oxygen atoms in total. The predicted octanol–water partition coefficient (Wildman–Crippen LogP) is 1.86.